The molecule has 0 radical (unpaired) electrons. The molecule has 0 N–H and O–H groups in total. The molecule has 4 rings (SSSR count). The summed E-state index contributed by atoms with van der Waals surface area (Å²) in [6.45, 7) is 3.90. The van der Waals surface area contributed by atoms with E-state index in [2.05, 4.69) is 0 Å². The van der Waals surface area contributed by atoms with Gasteiger partial charge in [-0.15, -0.1) is 0 Å². The molecule has 0 heterocycles. The van der Waals surface area contributed by atoms with Crippen LogP contribution in [0.1, 0.15) is 63.9 Å². The van der Waals surface area contributed by atoms with Crippen LogP contribution in [-0.4, -0.2) is 19.2 Å². The Kier molecular flexibility index (Phi) is 9.83. The molecule has 1 aliphatic carbocycles. The van der Waals surface area contributed by atoms with Crippen molar-refractivity contribution < 1.29 is 45.3 Å². The van der Waals surface area contributed by atoms with Gasteiger partial charge in [0.15, 0.2) is 34.7 Å². The molecule has 3 aromatic rings. The molecule has 1 fully saturated rings. The van der Waals surface area contributed by atoms with E-state index in [0.717, 1.165) is 30.7 Å². The van der Waals surface area contributed by atoms with E-state index in [1.54, 1.807) is 6.92 Å². The third-order valence-corrected chi connectivity index (χ3v) is 7.23. The van der Waals surface area contributed by atoms with Crippen LogP contribution >= 0.6 is 0 Å². The third kappa shape index (κ3) is 6.47. The van der Waals surface area contributed by atoms with E-state index >= 15 is 0 Å². The Labute approximate surface area is 234 Å². The fraction of sp³-hybridized carbons (Fsp3) is 0.387. The number of hydrogen-bond donors (Lipinski definition) is 0. The topological polar surface area (TPSA) is 44.8 Å². The first-order chi connectivity index (χ1) is 19.7. The van der Waals surface area contributed by atoms with Gasteiger partial charge in [0.05, 0.1) is 19.1 Å². The average Bonchev–Trinajstić information content (AvgIpc) is 2.97. The Morgan fingerprint density at radius 1 is 0.683 bits per heavy atom. The molecule has 3 aromatic carbocycles. The fourth-order valence-corrected chi connectivity index (χ4v) is 4.96. The Bertz CT molecular complexity index is 1400. The van der Waals surface area contributed by atoms with Crippen LogP contribution in [-0.2, 0) is 4.79 Å². The van der Waals surface area contributed by atoms with Crippen LogP contribution < -0.4 is 14.2 Å². The molecular formula is C31H30F6O4. The third-order valence-electron chi connectivity index (χ3n) is 7.23. The van der Waals surface area contributed by atoms with Crippen molar-refractivity contribution >= 4 is 5.97 Å². The monoisotopic (exact) mass is 580 g/mol. The van der Waals surface area contributed by atoms with Crippen molar-refractivity contribution in [3.63, 3.8) is 0 Å². The van der Waals surface area contributed by atoms with Crippen LogP contribution in [0.5, 0.6) is 17.2 Å². The highest BCUT2D eigenvalue weighted by Crippen LogP contribution is 2.40. The lowest BCUT2D eigenvalue weighted by molar-refractivity contribution is -0.140. The zero-order chi connectivity index (χ0) is 29.7. The molecule has 0 bridgehead atoms. The summed E-state index contributed by atoms with van der Waals surface area (Å²) in [6, 6.07) is 7.01. The number of hydrogen-bond acceptors (Lipinski definition) is 4. The molecule has 0 saturated heterocycles. The second-order valence-corrected chi connectivity index (χ2v) is 9.86. The van der Waals surface area contributed by atoms with Crippen LogP contribution in [0.3, 0.4) is 0 Å². The Hall–Kier alpha value is -3.69. The largest absolute Gasteiger partial charge is 0.491 e. The number of esters is 1. The van der Waals surface area contributed by atoms with Gasteiger partial charge in [0.25, 0.3) is 0 Å². The highest BCUT2D eigenvalue weighted by molar-refractivity contribution is 5.76. The van der Waals surface area contributed by atoms with E-state index in [1.165, 1.54) is 12.1 Å². The molecule has 41 heavy (non-hydrogen) atoms. The first kappa shape index (κ1) is 30.3. The average molecular weight is 581 g/mol. The lowest BCUT2D eigenvalue weighted by atomic mass is 9.78. The van der Waals surface area contributed by atoms with E-state index in [9.17, 15) is 31.1 Å². The van der Waals surface area contributed by atoms with Gasteiger partial charge in [-0.1, -0.05) is 19.4 Å². The van der Waals surface area contributed by atoms with Crippen LogP contribution in [0.15, 0.2) is 36.4 Å². The maximum absolute atomic E-state index is 14.9. The van der Waals surface area contributed by atoms with Crippen molar-refractivity contribution in [2.45, 2.75) is 58.3 Å². The number of halogens is 6. The zero-order valence-electron chi connectivity index (χ0n) is 22.7. The van der Waals surface area contributed by atoms with Gasteiger partial charge >= 0.3 is 5.97 Å². The first-order valence-corrected chi connectivity index (χ1v) is 13.6. The van der Waals surface area contributed by atoms with Gasteiger partial charge in [0, 0.05) is 11.1 Å². The minimum absolute atomic E-state index is 0.0809. The summed E-state index contributed by atoms with van der Waals surface area (Å²) in [5.41, 5.74) is -0.889. The van der Waals surface area contributed by atoms with Crippen molar-refractivity contribution in [1.82, 2.24) is 0 Å². The fourth-order valence-electron chi connectivity index (χ4n) is 4.96. The van der Waals surface area contributed by atoms with Gasteiger partial charge in [0.2, 0.25) is 17.5 Å². The zero-order valence-corrected chi connectivity index (χ0v) is 22.7. The van der Waals surface area contributed by atoms with Crippen LogP contribution in [0, 0.1) is 40.8 Å². The van der Waals surface area contributed by atoms with Crippen molar-refractivity contribution in [2.75, 3.05) is 13.2 Å². The molecule has 1 aliphatic rings. The SMILES string of the molecule is CCCCOc1ccc(C2CCC(C(=O)Oc3ccc(-c4ccc(OCC)c(F)c4F)c(F)c3F)CC2)c(F)c1F. The minimum atomic E-state index is -1.53. The summed E-state index contributed by atoms with van der Waals surface area (Å²) in [6.07, 6.45) is 2.79. The normalized spacial score (nSPS) is 16.9. The van der Waals surface area contributed by atoms with Crippen molar-refractivity contribution in [3.8, 4) is 28.4 Å². The Morgan fingerprint density at radius 3 is 1.83 bits per heavy atom. The predicted octanol–water partition coefficient (Wildman–Crippen LogP) is 8.65. The molecule has 0 spiro atoms. The maximum atomic E-state index is 14.9. The molecule has 1 saturated carbocycles. The number of unbranched alkanes of at least 4 members (excludes halogenated alkanes) is 1. The van der Waals surface area contributed by atoms with E-state index in [-0.39, 0.29) is 49.0 Å². The highest BCUT2D eigenvalue weighted by atomic mass is 19.2. The quantitative estimate of drug-likeness (QED) is 0.104. The molecule has 0 unspecified atom stereocenters. The summed E-state index contributed by atoms with van der Waals surface area (Å²) in [5, 5.41) is 0. The smallest absolute Gasteiger partial charge is 0.314 e. The number of ether oxygens (including phenoxy) is 3. The van der Waals surface area contributed by atoms with Crippen molar-refractivity contribution in [2.24, 2.45) is 5.92 Å². The van der Waals surface area contributed by atoms with Crippen molar-refractivity contribution in [3.05, 3.63) is 76.9 Å². The lowest BCUT2D eigenvalue weighted by Crippen LogP contribution is -2.26. The Balaban J connectivity index is 1.41. The van der Waals surface area contributed by atoms with Gasteiger partial charge < -0.3 is 14.2 Å². The van der Waals surface area contributed by atoms with E-state index in [4.69, 9.17) is 14.2 Å². The molecule has 220 valence electrons. The summed E-state index contributed by atoms with van der Waals surface area (Å²) in [4.78, 5) is 12.7. The molecule has 0 aromatic heterocycles. The number of carbonyl (C=O) groups excluding carboxylic acids is 1. The summed E-state index contributed by atoms with van der Waals surface area (Å²) >= 11 is 0. The number of benzene rings is 3. The molecular weight excluding hydrogens is 550 g/mol. The van der Waals surface area contributed by atoms with Crippen LogP contribution in [0.25, 0.3) is 11.1 Å². The molecule has 0 atom stereocenters. The van der Waals surface area contributed by atoms with E-state index in [0.29, 0.717) is 19.3 Å². The predicted molar refractivity (Wildman–Crippen MR) is 140 cm³/mol. The van der Waals surface area contributed by atoms with Crippen LogP contribution in [0.4, 0.5) is 26.3 Å². The van der Waals surface area contributed by atoms with Crippen LogP contribution in [0.2, 0.25) is 0 Å². The summed E-state index contributed by atoms with van der Waals surface area (Å²) in [7, 11) is 0. The standard InChI is InChI=1S/C31H30F6O4/c1-3-5-16-40-23-13-10-19(25(32)29(23)36)17-6-8-18(9-7-17)31(38)41-24-15-12-21(27(34)30(24)37)20-11-14-22(39-4-2)28(35)26(20)33/h10-15,17-18H,3-9,16H2,1-2H3. The Morgan fingerprint density at radius 2 is 1.22 bits per heavy atom. The first-order valence-electron chi connectivity index (χ1n) is 13.6. The maximum Gasteiger partial charge on any atom is 0.314 e. The van der Waals surface area contributed by atoms with Gasteiger partial charge in [-0.25, -0.2) is 13.2 Å². The van der Waals surface area contributed by atoms with Gasteiger partial charge in [-0.05, 0) is 80.8 Å². The highest BCUT2D eigenvalue weighted by Gasteiger charge is 2.32. The van der Waals surface area contributed by atoms with Gasteiger partial charge in [0.1, 0.15) is 0 Å². The van der Waals surface area contributed by atoms with Gasteiger partial charge in [-0.3, -0.25) is 4.79 Å². The van der Waals surface area contributed by atoms with E-state index < -0.39 is 63.7 Å². The molecule has 0 aliphatic heterocycles. The molecule has 0 amide bonds. The van der Waals surface area contributed by atoms with E-state index in [1.807, 2.05) is 6.92 Å². The lowest BCUT2D eigenvalue weighted by Gasteiger charge is -2.28. The molecule has 4 nitrogen and oxygen atoms in total. The van der Waals surface area contributed by atoms with Crippen molar-refractivity contribution in [1.29, 1.82) is 0 Å². The second-order valence-electron chi connectivity index (χ2n) is 9.86. The van der Waals surface area contributed by atoms with Gasteiger partial charge in [-0.2, -0.15) is 13.2 Å². The number of carbonyl (C=O) groups is 1. The molecule has 10 heteroatoms. The second kappa shape index (κ2) is 13.3. The number of rotatable bonds is 10. The summed E-state index contributed by atoms with van der Waals surface area (Å²) < 4.78 is 103. The minimum Gasteiger partial charge on any atom is -0.491 e. The summed E-state index contributed by atoms with van der Waals surface area (Å²) in [5.74, 6) is -10.8.